The van der Waals surface area contributed by atoms with Crippen LogP contribution in [0, 0.1) is 11.2 Å². The second-order valence-electron chi connectivity index (χ2n) is 8.06. The monoisotopic (exact) mass is 411 g/mol. The molecule has 0 amide bonds. The average molecular weight is 412 g/mol. The van der Waals surface area contributed by atoms with Gasteiger partial charge in [-0.25, -0.2) is 9.18 Å². The molecule has 0 saturated carbocycles. The van der Waals surface area contributed by atoms with Crippen molar-refractivity contribution in [2.24, 2.45) is 5.41 Å². The summed E-state index contributed by atoms with van der Waals surface area (Å²) in [7, 11) is 0. The van der Waals surface area contributed by atoms with Crippen LogP contribution in [0.15, 0.2) is 11.0 Å². The first-order chi connectivity index (χ1) is 13.1. The standard InChI is InChI=1S/C18H19ClFN3O5/c1-18(2,3)10-5-23-13(11(19)16(21-23)28-8-6-27-7-8)14-12(20)15(24)9(17(25)26)4-22(10)14/h4,8,10H,5-7H2,1-3H3,(H,25,26)/t10-/m0/s1. The number of hydrogen-bond donors (Lipinski definition) is 1. The second-order valence-corrected chi connectivity index (χ2v) is 8.43. The average Bonchev–Trinajstić information content (AvgIpc) is 2.88. The van der Waals surface area contributed by atoms with Crippen molar-refractivity contribution in [1.29, 1.82) is 0 Å². The van der Waals surface area contributed by atoms with Crippen molar-refractivity contribution < 1.29 is 23.8 Å². The van der Waals surface area contributed by atoms with Crippen molar-refractivity contribution in [3.05, 3.63) is 32.8 Å². The van der Waals surface area contributed by atoms with E-state index in [0.717, 1.165) is 0 Å². The molecule has 2 aromatic rings. The SMILES string of the molecule is CC(C)(C)[C@@H]1Cn2nc(OC3COC3)c(Cl)c2-c2c(F)c(=O)c(C(=O)O)cn21. The van der Waals surface area contributed by atoms with Crippen molar-refractivity contribution in [2.45, 2.75) is 39.5 Å². The van der Waals surface area contributed by atoms with Crippen LogP contribution in [0.4, 0.5) is 4.39 Å². The lowest BCUT2D eigenvalue weighted by Crippen LogP contribution is -2.38. The van der Waals surface area contributed by atoms with E-state index in [9.17, 15) is 14.7 Å². The summed E-state index contributed by atoms with van der Waals surface area (Å²) >= 11 is 6.44. The molecule has 0 spiro atoms. The van der Waals surface area contributed by atoms with Crippen LogP contribution in [0.1, 0.15) is 37.2 Å². The Morgan fingerprint density at radius 1 is 1.39 bits per heavy atom. The van der Waals surface area contributed by atoms with Gasteiger partial charge in [0.1, 0.15) is 28.1 Å². The third-order valence-electron chi connectivity index (χ3n) is 5.07. The smallest absolute Gasteiger partial charge is 0.341 e. The summed E-state index contributed by atoms with van der Waals surface area (Å²) in [5.41, 5.74) is -2.08. The fourth-order valence-electron chi connectivity index (χ4n) is 3.46. The highest BCUT2D eigenvalue weighted by Crippen LogP contribution is 2.45. The van der Waals surface area contributed by atoms with Gasteiger partial charge in [0, 0.05) is 6.20 Å². The van der Waals surface area contributed by atoms with Crippen molar-refractivity contribution in [2.75, 3.05) is 13.2 Å². The van der Waals surface area contributed by atoms with Crippen LogP contribution in [0.5, 0.6) is 5.88 Å². The third-order valence-corrected chi connectivity index (χ3v) is 5.41. The molecule has 4 heterocycles. The van der Waals surface area contributed by atoms with Gasteiger partial charge in [0.2, 0.25) is 5.43 Å². The number of carboxylic acids is 1. The van der Waals surface area contributed by atoms with E-state index >= 15 is 4.39 Å². The molecule has 4 rings (SSSR count). The summed E-state index contributed by atoms with van der Waals surface area (Å²) in [6, 6.07) is -0.362. The van der Waals surface area contributed by atoms with Crippen LogP contribution in [0.2, 0.25) is 5.02 Å². The van der Waals surface area contributed by atoms with E-state index in [1.54, 1.807) is 0 Å². The molecule has 0 unspecified atom stereocenters. The number of ether oxygens (including phenoxy) is 2. The van der Waals surface area contributed by atoms with Crippen molar-refractivity contribution in [3.63, 3.8) is 0 Å². The maximum atomic E-state index is 15.1. The predicted octanol–water partition coefficient (Wildman–Crippen LogP) is 2.58. The van der Waals surface area contributed by atoms with E-state index in [2.05, 4.69) is 5.10 Å². The zero-order valence-corrected chi connectivity index (χ0v) is 16.3. The highest BCUT2D eigenvalue weighted by atomic mass is 35.5. The Morgan fingerprint density at radius 2 is 2.07 bits per heavy atom. The molecule has 0 aliphatic carbocycles. The number of aromatic nitrogens is 3. The molecule has 2 aromatic heterocycles. The molecule has 2 aliphatic heterocycles. The third kappa shape index (κ3) is 2.80. The van der Waals surface area contributed by atoms with Gasteiger partial charge < -0.3 is 19.1 Å². The van der Waals surface area contributed by atoms with Gasteiger partial charge in [-0.15, -0.1) is 5.10 Å². The largest absolute Gasteiger partial charge is 0.477 e. The highest BCUT2D eigenvalue weighted by molar-refractivity contribution is 6.34. The van der Waals surface area contributed by atoms with Crippen LogP contribution in [-0.4, -0.2) is 44.7 Å². The summed E-state index contributed by atoms with van der Waals surface area (Å²) in [5.74, 6) is -2.51. The molecular formula is C18H19ClFN3O5. The zero-order chi connectivity index (χ0) is 20.4. The number of carbonyl (C=O) groups is 1. The summed E-state index contributed by atoms with van der Waals surface area (Å²) in [6.45, 7) is 6.97. The molecule has 10 heteroatoms. The molecule has 0 radical (unpaired) electrons. The van der Waals surface area contributed by atoms with E-state index < -0.39 is 22.8 Å². The molecule has 8 nitrogen and oxygen atoms in total. The molecule has 1 N–H and O–H groups in total. The van der Waals surface area contributed by atoms with Crippen molar-refractivity contribution in [3.8, 4) is 17.3 Å². The molecule has 0 aromatic carbocycles. The van der Waals surface area contributed by atoms with E-state index in [1.165, 1.54) is 15.4 Å². The van der Waals surface area contributed by atoms with Crippen LogP contribution in [-0.2, 0) is 11.3 Å². The van der Waals surface area contributed by atoms with E-state index in [1.807, 2.05) is 20.8 Å². The van der Waals surface area contributed by atoms with Gasteiger partial charge in [-0.3, -0.25) is 9.48 Å². The van der Waals surface area contributed by atoms with Gasteiger partial charge in [0.15, 0.2) is 5.82 Å². The lowest BCUT2D eigenvalue weighted by molar-refractivity contribution is -0.0815. The van der Waals surface area contributed by atoms with E-state index in [-0.39, 0.29) is 39.9 Å². The predicted molar refractivity (Wildman–Crippen MR) is 97.6 cm³/mol. The van der Waals surface area contributed by atoms with Gasteiger partial charge >= 0.3 is 5.97 Å². The van der Waals surface area contributed by atoms with Gasteiger partial charge in [-0.2, -0.15) is 0 Å². The van der Waals surface area contributed by atoms with E-state index in [0.29, 0.717) is 19.8 Å². The van der Waals surface area contributed by atoms with Crippen LogP contribution in [0.25, 0.3) is 11.4 Å². The Morgan fingerprint density at radius 3 is 2.61 bits per heavy atom. The lowest BCUT2D eigenvalue weighted by atomic mass is 9.85. The van der Waals surface area contributed by atoms with Crippen molar-refractivity contribution in [1.82, 2.24) is 14.3 Å². The topological polar surface area (TPSA) is 95.6 Å². The van der Waals surface area contributed by atoms with Gasteiger partial charge in [0.25, 0.3) is 5.88 Å². The van der Waals surface area contributed by atoms with Crippen molar-refractivity contribution >= 4 is 17.6 Å². The number of carboxylic acid groups (broad SMARTS) is 1. The van der Waals surface area contributed by atoms with Crippen LogP contribution in [0.3, 0.4) is 0 Å². The Labute approximate surface area is 164 Å². The minimum atomic E-state index is -1.48. The molecule has 2 aliphatic rings. The number of hydrogen-bond acceptors (Lipinski definition) is 5. The van der Waals surface area contributed by atoms with Crippen LogP contribution < -0.4 is 10.2 Å². The summed E-state index contributed by atoms with van der Waals surface area (Å²) < 4.78 is 28.9. The molecule has 28 heavy (non-hydrogen) atoms. The quantitative estimate of drug-likeness (QED) is 0.834. The molecule has 1 saturated heterocycles. The molecule has 150 valence electrons. The Bertz CT molecular complexity index is 1040. The Kier molecular flexibility index (Phi) is 4.27. The minimum absolute atomic E-state index is 0.0781. The number of fused-ring (bicyclic) bond motifs is 3. The molecule has 1 atom stereocenters. The Balaban J connectivity index is 1.96. The first-order valence-corrected chi connectivity index (χ1v) is 9.16. The number of halogens is 2. The maximum Gasteiger partial charge on any atom is 0.341 e. The summed E-state index contributed by atoms with van der Waals surface area (Å²) in [4.78, 5) is 23.7. The van der Waals surface area contributed by atoms with Crippen LogP contribution >= 0.6 is 11.6 Å². The fourth-order valence-corrected chi connectivity index (χ4v) is 3.73. The number of pyridine rings is 1. The summed E-state index contributed by atoms with van der Waals surface area (Å²) in [6.07, 6.45) is 1.00. The minimum Gasteiger partial charge on any atom is -0.477 e. The zero-order valence-electron chi connectivity index (χ0n) is 15.5. The number of rotatable bonds is 3. The molecule has 1 fully saturated rings. The number of nitrogens with zero attached hydrogens (tertiary/aromatic N) is 3. The van der Waals surface area contributed by atoms with Gasteiger partial charge in [-0.05, 0) is 5.41 Å². The highest BCUT2D eigenvalue weighted by Gasteiger charge is 2.39. The van der Waals surface area contributed by atoms with Gasteiger partial charge in [0.05, 0.1) is 25.8 Å². The fraction of sp³-hybridized carbons (Fsp3) is 0.500. The summed E-state index contributed by atoms with van der Waals surface area (Å²) in [5, 5.41) is 13.8. The maximum absolute atomic E-state index is 15.1. The number of aromatic carboxylic acids is 1. The molecule has 0 bridgehead atoms. The first-order valence-electron chi connectivity index (χ1n) is 8.78. The Hall–Kier alpha value is -2.39. The van der Waals surface area contributed by atoms with Gasteiger partial charge in [-0.1, -0.05) is 32.4 Å². The first kappa shape index (κ1) is 18.9. The normalized spacial score (nSPS) is 19.0. The second kappa shape index (κ2) is 6.31. The van der Waals surface area contributed by atoms with E-state index in [4.69, 9.17) is 21.1 Å². The lowest BCUT2D eigenvalue weighted by Gasteiger charge is -2.38. The molecular weight excluding hydrogens is 393 g/mol.